The summed E-state index contributed by atoms with van der Waals surface area (Å²) in [5.74, 6) is 0.702. The molecule has 0 saturated heterocycles. The van der Waals surface area contributed by atoms with Crippen LogP contribution in [0.3, 0.4) is 0 Å². The molecule has 0 fully saturated rings. The second-order valence-corrected chi connectivity index (χ2v) is 4.95. The van der Waals surface area contributed by atoms with Crippen LogP contribution < -0.4 is 10.2 Å². The Labute approximate surface area is 116 Å². The van der Waals surface area contributed by atoms with E-state index in [-0.39, 0.29) is 12.7 Å². The molecule has 0 aliphatic heterocycles. The molecule has 1 atom stereocenters. The Kier molecular flexibility index (Phi) is 16.6. The van der Waals surface area contributed by atoms with Gasteiger partial charge in [0.2, 0.25) is 0 Å². The molecule has 1 amide bonds. The standard InChI is InChI=1S/C10H21NO2.C2H5O3P/c1-4-8-13-10(12)11-7-5-6-9(2)3;1-2-5-6(3)4/h9H,4-8H2,1-3H3,(H,11,12);2H2,1H3. The van der Waals surface area contributed by atoms with Crippen LogP contribution in [0.15, 0.2) is 0 Å². The van der Waals surface area contributed by atoms with Crippen molar-refractivity contribution in [3.8, 4) is 0 Å². The maximum Gasteiger partial charge on any atom is 0.488 e. The molecule has 0 aromatic heterocycles. The number of hydrogen-bond acceptors (Lipinski definition) is 5. The number of ether oxygens (including phenoxy) is 1. The van der Waals surface area contributed by atoms with Crippen LogP contribution in [0.1, 0.15) is 47.0 Å². The van der Waals surface area contributed by atoms with E-state index in [4.69, 9.17) is 4.74 Å². The normalized spacial score (nSPS) is 10.5. The van der Waals surface area contributed by atoms with Crippen LogP contribution in [0.2, 0.25) is 0 Å². The number of hydrogen-bond donors (Lipinski definition) is 1. The van der Waals surface area contributed by atoms with Gasteiger partial charge in [-0.25, -0.2) is 4.79 Å². The van der Waals surface area contributed by atoms with E-state index in [1.165, 1.54) is 0 Å². The van der Waals surface area contributed by atoms with Crippen LogP contribution in [-0.2, 0) is 13.8 Å². The van der Waals surface area contributed by atoms with E-state index in [9.17, 15) is 14.3 Å². The highest BCUT2D eigenvalue weighted by atomic mass is 31.1. The lowest BCUT2D eigenvalue weighted by atomic mass is 10.1. The molecule has 0 saturated carbocycles. The van der Waals surface area contributed by atoms with Crippen molar-refractivity contribution in [2.24, 2.45) is 5.92 Å². The van der Waals surface area contributed by atoms with E-state index >= 15 is 0 Å². The molecule has 0 bridgehead atoms. The van der Waals surface area contributed by atoms with Crippen molar-refractivity contribution in [3.05, 3.63) is 0 Å². The summed E-state index contributed by atoms with van der Waals surface area (Å²) in [6.07, 6.45) is 2.76. The van der Waals surface area contributed by atoms with Crippen LogP contribution in [0.5, 0.6) is 0 Å². The first-order valence-corrected chi connectivity index (χ1v) is 7.71. The summed E-state index contributed by atoms with van der Waals surface area (Å²) < 4.78 is 18.3. The van der Waals surface area contributed by atoms with Crippen molar-refractivity contribution < 1.29 is 23.5 Å². The summed E-state index contributed by atoms with van der Waals surface area (Å²) in [6.45, 7) is 9.41. The lowest BCUT2D eigenvalue weighted by Crippen LogP contribution is -2.25. The van der Waals surface area contributed by atoms with Gasteiger partial charge in [-0.2, -0.15) is 0 Å². The summed E-state index contributed by atoms with van der Waals surface area (Å²) in [4.78, 5) is 20.3. The van der Waals surface area contributed by atoms with Crippen LogP contribution in [0.4, 0.5) is 4.79 Å². The Morgan fingerprint density at radius 2 is 2.00 bits per heavy atom. The third kappa shape index (κ3) is 22.9. The van der Waals surface area contributed by atoms with Gasteiger partial charge in [-0.15, -0.1) is 4.52 Å². The number of carbonyl (C=O) groups is 1. The zero-order valence-corrected chi connectivity index (χ0v) is 13.2. The van der Waals surface area contributed by atoms with Gasteiger partial charge in [0.15, 0.2) is 0 Å². The lowest BCUT2D eigenvalue weighted by molar-refractivity contribution is -0.185. The first kappa shape index (κ1) is 20.6. The molecule has 0 rings (SSSR count). The van der Waals surface area contributed by atoms with Crippen molar-refractivity contribution in [1.82, 2.24) is 5.32 Å². The maximum absolute atomic E-state index is 10.9. The van der Waals surface area contributed by atoms with Crippen LogP contribution in [0.25, 0.3) is 0 Å². The van der Waals surface area contributed by atoms with Gasteiger partial charge in [0.25, 0.3) is 0 Å². The smallest absolute Gasteiger partial charge is 0.488 e. The predicted molar refractivity (Wildman–Crippen MR) is 72.9 cm³/mol. The Hall–Kier alpha value is -0.710. The summed E-state index contributed by atoms with van der Waals surface area (Å²) >= 11 is 0. The second kappa shape index (κ2) is 15.3. The Morgan fingerprint density at radius 3 is 2.37 bits per heavy atom. The van der Waals surface area contributed by atoms with Gasteiger partial charge >= 0.3 is 14.3 Å². The van der Waals surface area contributed by atoms with E-state index in [2.05, 4.69) is 23.7 Å². The molecule has 0 radical (unpaired) electrons. The number of carbonyl (C=O) groups excluding carboxylic acids is 1. The minimum atomic E-state index is -2.60. The topological polar surface area (TPSA) is 87.7 Å². The highest BCUT2D eigenvalue weighted by molar-refractivity contribution is 7.30. The number of alkyl carbamates (subject to hydrolysis) is 1. The molecule has 7 heteroatoms. The fraction of sp³-hybridized carbons (Fsp3) is 0.917. The van der Waals surface area contributed by atoms with Crippen molar-refractivity contribution in [3.63, 3.8) is 0 Å². The van der Waals surface area contributed by atoms with Gasteiger partial charge in [0.05, 0.1) is 13.2 Å². The summed E-state index contributed by atoms with van der Waals surface area (Å²) in [6, 6.07) is 0. The molecular weight excluding hydrogens is 269 g/mol. The molecule has 0 aliphatic carbocycles. The highest BCUT2D eigenvalue weighted by Gasteiger charge is 1.99. The average Bonchev–Trinajstić information content (AvgIpc) is 2.32. The average molecular weight is 295 g/mol. The van der Waals surface area contributed by atoms with Gasteiger partial charge < -0.3 is 14.9 Å². The highest BCUT2D eigenvalue weighted by Crippen LogP contribution is 2.05. The minimum absolute atomic E-state index is 0.235. The number of amides is 1. The molecule has 114 valence electrons. The monoisotopic (exact) mass is 295 g/mol. The lowest BCUT2D eigenvalue weighted by Gasteiger charge is -2.06. The maximum atomic E-state index is 10.9. The molecule has 1 unspecified atom stereocenters. The molecule has 19 heavy (non-hydrogen) atoms. The van der Waals surface area contributed by atoms with Gasteiger partial charge in [-0.3, -0.25) is 0 Å². The fourth-order valence-corrected chi connectivity index (χ4v) is 1.26. The Balaban J connectivity index is 0. The molecule has 6 nitrogen and oxygen atoms in total. The number of nitrogens with one attached hydrogen (secondary N) is 1. The van der Waals surface area contributed by atoms with E-state index < -0.39 is 8.25 Å². The number of rotatable bonds is 8. The SMILES string of the molecule is CCCOC(=O)NCCCC(C)C.CCO[P+](=O)[O-]. The Bertz CT molecular complexity index is 236. The molecular formula is C12H26NO5P. The largest absolute Gasteiger partial charge is 0.566 e. The van der Waals surface area contributed by atoms with Crippen molar-refractivity contribution in [1.29, 1.82) is 0 Å². The third-order valence-electron chi connectivity index (χ3n) is 1.90. The Morgan fingerprint density at radius 1 is 1.37 bits per heavy atom. The van der Waals surface area contributed by atoms with Gasteiger partial charge in [-0.1, -0.05) is 20.8 Å². The van der Waals surface area contributed by atoms with E-state index in [0.29, 0.717) is 12.5 Å². The predicted octanol–water partition coefficient (Wildman–Crippen LogP) is 2.60. The molecule has 0 aromatic rings. The quantitative estimate of drug-likeness (QED) is 0.549. The summed E-state index contributed by atoms with van der Waals surface area (Å²) in [5, 5.41) is 2.71. The fourth-order valence-electron chi connectivity index (χ4n) is 1.05. The minimum Gasteiger partial charge on any atom is -0.566 e. The van der Waals surface area contributed by atoms with E-state index in [1.807, 2.05) is 6.92 Å². The van der Waals surface area contributed by atoms with Gasteiger partial charge in [0, 0.05) is 6.54 Å². The van der Waals surface area contributed by atoms with Crippen molar-refractivity contribution >= 4 is 14.3 Å². The van der Waals surface area contributed by atoms with Gasteiger partial charge in [-0.05, 0) is 36.7 Å². The second-order valence-electron chi connectivity index (χ2n) is 4.24. The molecule has 0 spiro atoms. The molecule has 0 aliphatic rings. The van der Waals surface area contributed by atoms with Crippen molar-refractivity contribution in [2.45, 2.75) is 47.0 Å². The molecule has 1 N–H and O–H groups in total. The first-order valence-electron chi connectivity index (χ1n) is 6.61. The zero-order chi connectivity index (χ0) is 15.1. The first-order chi connectivity index (χ1) is 8.93. The third-order valence-corrected chi connectivity index (χ3v) is 2.37. The molecule has 0 heterocycles. The van der Waals surface area contributed by atoms with E-state index in [1.54, 1.807) is 6.92 Å². The van der Waals surface area contributed by atoms with Crippen molar-refractivity contribution in [2.75, 3.05) is 19.8 Å². The van der Waals surface area contributed by atoms with Crippen LogP contribution in [0, 0.1) is 5.92 Å². The summed E-state index contributed by atoms with van der Waals surface area (Å²) in [7, 11) is -2.60. The summed E-state index contributed by atoms with van der Waals surface area (Å²) in [5.41, 5.74) is 0. The van der Waals surface area contributed by atoms with Gasteiger partial charge in [0.1, 0.15) is 0 Å². The zero-order valence-electron chi connectivity index (χ0n) is 12.3. The van der Waals surface area contributed by atoms with Crippen LogP contribution >= 0.6 is 8.25 Å². The van der Waals surface area contributed by atoms with E-state index in [0.717, 1.165) is 25.8 Å². The molecule has 0 aromatic carbocycles. The van der Waals surface area contributed by atoms with Crippen LogP contribution in [-0.4, -0.2) is 25.9 Å².